The second-order valence-corrected chi connectivity index (χ2v) is 7.07. The molecule has 0 spiro atoms. The maximum absolute atomic E-state index is 12.8. The summed E-state index contributed by atoms with van der Waals surface area (Å²) in [7, 11) is 0. The van der Waals surface area contributed by atoms with Gasteiger partial charge in [-0.2, -0.15) is 10.2 Å². The summed E-state index contributed by atoms with van der Waals surface area (Å²) in [5, 5.41) is 8.59. The van der Waals surface area contributed by atoms with Crippen LogP contribution in [0, 0.1) is 11.8 Å². The molecule has 7 heteroatoms. The molecule has 1 saturated heterocycles. The standard InChI is InChI=1S/C24H19N5O2/c30-24(29-22(13-15-31-29)19-7-2-1-3-8-19)27-20-9-4-6-18(16-20)11-12-21-17-25-23-10-5-14-26-28(21)23/h1-10,14,16-17,22H,13,15H2,(H,27,30)/t22-/m1/s1. The summed E-state index contributed by atoms with van der Waals surface area (Å²) in [5.74, 6) is 6.20. The maximum atomic E-state index is 12.8. The number of fused-ring (bicyclic) bond motifs is 1. The molecule has 1 N–H and O–H groups in total. The summed E-state index contributed by atoms with van der Waals surface area (Å²) in [6.07, 6.45) is 4.14. The Morgan fingerprint density at radius 2 is 1.97 bits per heavy atom. The summed E-state index contributed by atoms with van der Waals surface area (Å²) in [6.45, 7) is 0.506. The summed E-state index contributed by atoms with van der Waals surface area (Å²) < 4.78 is 1.69. The fourth-order valence-electron chi connectivity index (χ4n) is 3.55. The van der Waals surface area contributed by atoms with Gasteiger partial charge in [-0.1, -0.05) is 42.3 Å². The van der Waals surface area contributed by atoms with Crippen LogP contribution in [0.4, 0.5) is 10.5 Å². The van der Waals surface area contributed by atoms with Gasteiger partial charge < -0.3 is 5.32 Å². The van der Waals surface area contributed by atoms with Crippen LogP contribution in [0.3, 0.4) is 0 Å². The Labute approximate surface area is 179 Å². The number of hydrogen-bond acceptors (Lipinski definition) is 4. The average Bonchev–Trinajstić information content (AvgIpc) is 3.46. The van der Waals surface area contributed by atoms with Gasteiger partial charge in [0.1, 0.15) is 5.69 Å². The van der Waals surface area contributed by atoms with Crippen molar-refractivity contribution < 1.29 is 9.63 Å². The molecular weight excluding hydrogens is 390 g/mol. The largest absolute Gasteiger partial charge is 0.346 e. The van der Waals surface area contributed by atoms with Crippen molar-refractivity contribution in [1.29, 1.82) is 0 Å². The highest BCUT2D eigenvalue weighted by atomic mass is 16.7. The average molecular weight is 409 g/mol. The SMILES string of the molecule is O=C(Nc1cccc(C#Cc2cnc3cccnn23)c1)N1OCC[C@@H]1c1ccccc1. The first-order chi connectivity index (χ1) is 15.3. The van der Waals surface area contributed by atoms with Crippen molar-refractivity contribution in [3.05, 3.63) is 95.9 Å². The third kappa shape index (κ3) is 3.97. The first-order valence-corrected chi connectivity index (χ1v) is 9.97. The van der Waals surface area contributed by atoms with Gasteiger partial charge in [0.15, 0.2) is 5.65 Å². The van der Waals surface area contributed by atoms with E-state index >= 15 is 0 Å². The predicted octanol–water partition coefficient (Wildman–Crippen LogP) is 4.04. The second kappa shape index (κ2) is 8.30. The number of carbonyl (C=O) groups excluding carboxylic acids is 1. The molecule has 2 amide bonds. The number of carbonyl (C=O) groups is 1. The fourth-order valence-corrected chi connectivity index (χ4v) is 3.55. The van der Waals surface area contributed by atoms with E-state index in [2.05, 4.69) is 27.2 Å². The summed E-state index contributed by atoms with van der Waals surface area (Å²) >= 11 is 0. The molecule has 0 aliphatic carbocycles. The Bertz CT molecular complexity index is 1290. The molecule has 0 saturated carbocycles. The zero-order valence-corrected chi connectivity index (χ0v) is 16.6. The lowest BCUT2D eigenvalue weighted by molar-refractivity contribution is -0.0829. The maximum Gasteiger partial charge on any atom is 0.346 e. The van der Waals surface area contributed by atoms with Crippen LogP contribution in [0.25, 0.3) is 5.65 Å². The molecule has 1 fully saturated rings. The zero-order chi connectivity index (χ0) is 21.0. The number of hydrogen-bond donors (Lipinski definition) is 1. The third-order valence-corrected chi connectivity index (χ3v) is 5.02. The first-order valence-electron chi connectivity index (χ1n) is 9.97. The number of aromatic nitrogens is 3. The van der Waals surface area contributed by atoms with Gasteiger partial charge in [0.25, 0.3) is 0 Å². The minimum absolute atomic E-state index is 0.105. The molecular formula is C24H19N5O2. The molecule has 1 atom stereocenters. The molecule has 5 rings (SSSR count). The van der Waals surface area contributed by atoms with Gasteiger partial charge in [0.2, 0.25) is 0 Å². The molecule has 3 heterocycles. The zero-order valence-electron chi connectivity index (χ0n) is 16.6. The van der Waals surface area contributed by atoms with Gasteiger partial charge >= 0.3 is 6.03 Å². The number of urea groups is 1. The van der Waals surface area contributed by atoms with Crippen molar-refractivity contribution in [3.63, 3.8) is 0 Å². The van der Waals surface area contributed by atoms with E-state index in [1.807, 2.05) is 66.7 Å². The molecule has 152 valence electrons. The molecule has 7 nitrogen and oxygen atoms in total. The van der Waals surface area contributed by atoms with E-state index in [9.17, 15) is 4.79 Å². The second-order valence-electron chi connectivity index (χ2n) is 7.07. The lowest BCUT2D eigenvalue weighted by Gasteiger charge is -2.23. The lowest BCUT2D eigenvalue weighted by atomic mass is 10.1. The summed E-state index contributed by atoms with van der Waals surface area (Å²) in [6, 6.07) is 20.6. The monoisotopic (exact) mass is 409 g/mol. The highest BCUT2D eigenvalue weighted by Gasteiger charge is 2.31. The third-order valence-electron chi connectivity index (χ3n) is 5.02. The van der Waals surface area contributed by atoms with Crippen LogP contribution in [0.2, 0.25) is 0 Å². The van der Waals surface area contributed by atoms with Crippen molar-refractivity contribution in [2.45, 2.75) is 12.5 Å². The van der Waals surface area contributed by atoms with Gasteiger partial charge in [-0.05, 0) is 41.8 Å². The minimum atomic E-state index is -0.303. The molecule has 0 unspecified atom stereocenters. The molecule has 0 radical (unpaired) electrons. The number of nitrogens with zero attached hydrogens (tertiary/aromatic N) is 4. The molecule has 0 bridgehead atoms. The van der Waals surface area contributed by atoms with Crippen molar-refractivity contribution in [2.24, 2.45) is 0 Å². The van der Waals surface area contributed by atoms with Crippen LogP contribution in [-0.2, 0) is 4.84 Å². The minimum Gasteiger partial charge on any atom is -0.306 e. The van der Waals surface area contributed by atoms with Crippen molar-refractivity contribution in [3.8, 4) is 11.8 Å². The van der Waals surface area contributed by atoms with E-state index < -0.39 is 0 Å². The first kappa shape index (κ1) is 18.9. The number of rotatable bonds is 2. The molecule has 2 aromatic carbocycles. The van der Waals surface area contributed by atoms with E-state index in [1.165, 1.54) is 5.06 Å². The molecule has 1 aliphatic rings. The van der Waals surface area contributed by atoms with E-state index in [-0.39, 0.29) is 12.1 Å². The van der Waals surface area contributed by atoms with Crippen LogP contribution >= 0.6 is 0 Å². The summed E-state index contributed by atoms with van der Waals surface area (Å²) in [5.41, 5.74) is 3.91. The van der Waals surface area contributed by atoms with Gasteiger partial charge in [0, 0.05) is 23.9 Å². The van der Waals surface area contributed by atoms with Crippen molar-refractivity contribution in [2.75, 3.05) is 11.9 Å². The van der Waals surface area contributed by atoms with Crippen molar-refractivity contribution >= 4 is 17.4 Å². The van der Waals surface area contributed by atoms with Gasteiger partial charge in [-0.25, -0.2) is 14.3 Å². The number of anilines is 1. The Hall–Kier alpha value is -4.15. The predicted molar refractivity (Wildman–Crippen MR) is 116 cm³/mol. The van der Waals surface area contributed by atoms with Gasteiger partial charge in [0.05, 0.1) is 18.8 Å². The van der Waals surface area contributed by atoms with E-state index in [1.54, 1.807) is 16.9 Å². The van der Waals surface area contributed by atoms with Crippen LogP contribution in [0.5, 0.6) is 0 Å². The quantitative estimate of drug-likeness (QED) is 0.507. The lowest BCUT2D eigenvalue weighted by Crippen LogP contribution is -2.33. The molecule has 1 aliphatic heterocycles. The smallest absolute Gasteiger partial charge is 0.306 e. The number of benzene rings is 2. The highest BCUT2D eigenvalue weighted by Crippen LogP contribution is 2.30. The Kier molecular flexibility index (Phi) is 5.05. The highest BCUT2D eigenvalue weighted by molar-refractivity contribution is 5.89. The molecule has 4 aromatic rings. The topological polar surface area (TPSA) is 71.8 Å². The van der Waals surface area contributed by atoms with Crippen molar-refractivity contribution in [1.82, 2.24) is 19.7 Å². The van der Waals surface area contributed by atoms with Crippen LogP contribution in [-0.4, -0.2) is 32.3 Å². The number of nitrogens with one attached hydrogen (secondary N) is 1. The Morgan fingerprint density at radius 3 is 2.87 bits per heavy atom. The number of hydroxylamine groups is 2. The fraction of sp³-hybridized carbons (Fsp3) is 0.125. The summed E-state index contributed by atoms with van der Waals surface area (Å²) in [4.78, 5) is 22.7. The van der Waals surface area contributed by atoms with Crippen LogP contribution in [0.1, 0.15) is 29.3 Å². The van der Waals surface area contributed by atoms with E-state index in [0.29, 0.717) is 18.0 Å². The Balaban J connectivity index is 1.32. The van der Waals surface area contributed by atoms with E-state index in [0.717, 1.165) is 23.2 Å². The van der Waals surface area contributed by atoms with Crippen LogP contribution in [0.15, 0.2) is 79.1 Å². The molecule has 31 heavy (non-hydrogen) atoms. The van der Waals surface area contributed by atoms with Crippen LogP contribution < -0.4 is 5.32 Å². The number of amides is 2. The Morgan fingerprint density at radius 1 is 1.06 bits per heavy atom. The van der Waals surface area contributed by atoms with E-state index in [4.69, 9.17) is 4.84 Å². The van der Waals surface area contributed by atoms with Gasteiger partial charge in [-0.15, -0.1) is 0 Å². The number of imidazole rings is 1. The molecule has 2 aromatic heterocycles. The normalized spacial score (nSPS) is 15.5. The van der Waals surface area contributed by atoms with Gasteiger partial charge in [-0.3, -0.25) is 4.84 Å².